The highest BCUT2D eigenvalue weighted by Crippen LogP contribution is 2.26. The van der Waals surface area contributed by atoms with Crippen molar-refractivity contribution in [3.63, 3.8) is 0 Å². The summed E-state index contributed by atoms with van der Waals surface area (Å²) in [6, 6.07) is 25.5. The molecule has 1 heterocycles. The molecule has 1 fully saturated rings. The van der Waals surface area contributed by atoms with Crippen LogP contribution in [0.25, 0.3) is 0 Å². The van der Waals surface area contributed by atoms with E-state index < -0.39 is 10.0 Å². The van der Waals surface area contributed by atoms with Gasteiger partial charge >= 0.3 is 0 Å². The van der Waals surface area contributed by atoms with Crippen molar-refractivity contribution < 1.29 is 13.2 Å². The van der Waals surface area contributed by atoms with E-state index in [-0.39, 0.29) is 29.5 Å². The number of rotatable bonds is 11. The summed E-state index contributed by atoms with van der Waals surface area (Å²) in [5, 5.41) is 10.4. The molecule has 1 saturated heterocycles. The number of carbonyl (C=O) groups is 1. The number of carbonyl (C=O) groups excluding carboxylic acids is 1. The molecule has 0 spiro atoms. The number of hydrogen-bond acceptors (Lipinski definition) is 5. The number of likely N-dealkylation sites (tertiary alicyclic amines) is 1. The highest BCUT2D eigenvalue weighted by molar-refractivity contribution is 7.92. The molecule has 1 atom stereocenters. The van der Waals surface area contributed by atoms with Gasteiger partial charge < -0.3 is 11.1 Å². The van der Waals surface area contributed by atoms with E-state index in [0.717, 1.165) is 31.5 Å². The summed E-state index contributed by atoms with van der Waals surface area (Å²) in [5.74, 6) is 0.190. The fraction of sp³-hybridized carbons (Fsp3) is 0.333. The van der Waals surface area contributed by atoms with Gasteiger partial charge in [0.25, 0.3) is 0 Å². The lowest BCUT2D eigenvalue weighted by atomic mass is 9.92. The van der Waals surface area contributed by atoms with E-state index in [1.165, 1.54) is 0 Å². The maximum Gasteiger partial charge on any atom is 0.239 e. The van der Waals surface area contributed by atoms with Crippen molar-refractivity contribution in [2.45, 2.75) is 38.0 Å². The molecule has 3 aromatic carbocycles. The molecule has 1 aliphatic heterocycles. The van der Waals surface area contributed by atoms with E-state index in [4.69, 9.17) is 11.1 Å². The molecule has 0 bridgehead atoms. The Balaban J connectivity index is 1.33. The fourth-order valence-electron chi connectivity index (χ4n) is 5.00. The Kier molecular flexibility index (Phi) is 9.37. The molecule has 0 aliphatic carbocycles. The number of piperidine rings is 1. The van der Waals surface area contributed by atoms with Gasteiger partial charge in [-0.1, -0.05) is 48.5 Å². The predicted octanol–water partition coefficient (Wildman–Crippen LogP) is 4.44. The van der Waals surface area contributed by atoms with Gasteiger partial charge in [-0.3, -0.25) is 19.4 Å². The van der Waals surface area contributed by atoms with Crippen LogP contribution >= 0.6 is 0 Å². The molecular formula is C30H37N5O3S. The number of nitrogens with two attached hydrogens (primary N) is 1. The van der Waals surface area contributed by atoms with Crippen LogP contribution in [0, 0.1) is 11.3 Å². The summed E-state index contributed by atoms with van der Waals surface area (Å²) >= 11 is 0. The Morgan fingerprint density at radius 1 is 1.00 bits per heavy atom. The molecule has 1 aliphatic rings. The average Bonchev–Trinajstić information content (AvgIpc) is 2.93. The largest absolute Gasteiger partial charge is 0.384 e. The van der Waals surface area contributed by atoms with E-state index in [1.54, 1.807) is 28.6 Å². The number of nitrogens with one attached hydrogen (secondary N) is 2. The first-order chi connectivity index (χ1) is 18.7. The lowest BCUT2D eigenvalue weighted by Crippen LogP contribution is -2.48. The Labute approximate surface area is 231 Å². The molecule has 39 heavy (non-hydrogen) atoms. The zero-order valence-electron chi connectivity index (χ0n) is 22.3. The molecule has 8 nitrogen and oxygen atoms in total. The van der Waals surface area contributed by atoms with Crippen LogP contribution in [-0.4, -0.2) is 50.7 Å². The van der Waals surface area contributed by atoms with Crippen molar-refractivity contribution >= 4 is 33.1 Å². The monoisotopic (exact) mass is 547 g/mol. The van der Waals surface area contributed by atoms with Gasteiger partial charge in [0.1, 0.15) is 5.84 Å². The third-order valence-corrected chi connectivity index (χ3v) is 8.96. The SMILES string of the molecule is C[C@H](CN(c1ccccc1)S(=O)(=O)Cc1ccccc1)N1CCC(CC(=O)Nc2ccc(C(=N)N)cc2)CC1. The Morgan fingerprint density at radius 3 is 2.18 bits per heavy atom. The number of amides is 1. The van der Waals surface area contributed by atoms with Gasteiger partial charge in [0.05, 0.1) is 11.4 Å². The van der Waals surface area contributed by atoms with Crippen molar-refractivity contribution in [2.75, 3.05) is 29.3 Å². The van der Waals surface area contributed by atoms with E-state index >= 15 is 0 Å². The van der Waals surface area contributed by atoms with Crippen molar-refractivity contribution in [1.29, 1.82) is 5.41 Å². The number of sulfonamides is 1. The minimum Gasteiger partial charge on any atom is -0.384 e. The molecule has 4 rings (SSSR count). The normalized spacial score (nSPS) is 15.4. The van der Waals surface area contributed by atoms with Crippen LogP contribution in [-0.2, 0) is 20.6 Å². The minimum absolute atomic E-state index is 0.00505. The lowest BCUT2D eigenvalue weighted by Gasteiger charge is -2.38. The van der Waals surface area contributed by atoms with Gasteiger partial charge in [0.2, 0.25) is 15.9 Å². The summed E-state index contributed by atoms with van der Waals surface area (Å²) in [7, 11) is -3.59. The Morgan fingerprint density at radius 2 is 1.59 bits per heavy atom. The van der Waals surface area contributed by atoms with Crippen LogP contribution < -0.4 is 15.4 Å². The molecular weight excluding hydrogens is 510 g/mol. The van der Waals surface area contributed by atoms with Gasteiger partial charge in [-0.25, -0.2) is 8.42 Å². The van der Waals surface area contributed by atoms with Crippen molar-refractivity contribution in [1.82, 2.24) is 4.90 Å². The zero-order chi connectivity index (χ0) is 27.8. The molecule has 0 saturated carbocycles. The fourth-order valence-corrected chi connectivity index (χ4v) is 6.65. The lowest BCUT2D eigenvalue weighted by molar-refractivity contribution is -0.117. The van der Waals surface area contributed by atoms with Crippen LogP contribution in [0.2, 0.25) is 0 Å². The summed E-state index contributed by atoms with van der Waals surface area (Å²) in [6.07, 6.45) is 2.20. The van der Waals surface area contributed by atoms with Gasteiger partial charge in [-0.05, 0) is 80.7 Å². The molecule has 0 aromatic heterocycles. The molecule has 0 radical (unpaired) electrons. The van der Waals surface area contributed by atoms with E-state index in [2.05, 4.69) is 17.1 Å². The summed E-state index contributed by atoms with van der Waals surface area (Å²) in [4.78, 5) is 14.9. The quantitative estimate of drug-likeness (QED) is 0.242. The van der Waals surface area contributed by atoms with E-state index in [1.807, 2.05) is 60.7 Å². The van der Waals surface area contributed by atoms with Crippen LogP contribution in [0.5, 0.6) is 0 Å². The number of para-hydroxylation sites is 1. The molecule has 9 heteroatoms. The Bertz CT molecular complexity index is 1340. The number of hydrogen-bond donors (Lipinski definition) is 3. The van der Waals surface area contributed by atoms with E-state index in [9.17, 15) is 13.2 Å². The van der Waals surface area contributed by atoms with Gasteiger partial charge in [-0.15, -0.1) is 0 Å². The first kappa shape index (κ1) is 28.3. The second kappa shape index (κ2) is 12.9. The topological polar surface area (TPSA) is 120 Å². The maximum atomic E-state index is 13.5. The standard InChI is InChI=1S/C30H37N5O3S/c1-23(21-35(28-10-6-3-7-11-28)39(37,38)22-25-8-4-2-5-9-25)34-18-16-24(17-19-34)20-29(36)33-27-14-12-26(13-15-27)30(31)32/h2-15,23-24H,16-22H2,1H3,(H3,31,32)(H,33,36)/t23-/m1/s1. The van der Waals surface area contributed by atoms with Gasteiger partial charge in [-0.2, -0.15) is 0 Å². The van der Waals surface area contributed by atoms with Crippen molar-refractivity contribution in [3.8, 4) is 0 Å². The number of anilines is 2. The first-order valence-electron chi connectivity index (χ1n) is 13.3. The van der Waals surface area contributed by atoms with Crippen LogP contribution in [0.15, 0.2) is 84.9 Å². The molecule has 4 N–H and O–H groups in total. The summed E-state index contributed by atoms with van der Waals surface area (Å²) in [5.41, 5.74) is 8.23. The Hall–Kier alpha value is -3.69. The van der Waals surface area contributed by atoms with E-state index in [0.29, 0.717) is 29.9 Å². The highest BCUT2D eigenvalue weighted by Gasteiger charge is 2.29. The zero-order valence-corrected chi connectivity index (χ0v) is 23.1. The third-order valence-electron chi connectivity index (χ3n) is 7.23. The summed E-state index contributed by atoms with van der Waals surface area (Å²) < 4.78 is 28.6. The van der Waals surface area contributed by atoms with Crippen LogP contribution in [0.3, 0.4) is 0 Å². The number of nitrogen functional groups attached to an aromatic ring is 1. The number of amidine groups is 1. The van der Waals surface area contributed by atoms with Gasteiger partial charge in [0.15, 0.2) is 0 Å². The number of benzene rings is 3. The third kappa shape index (κ3) is 7.91. The molecule has 0 unspecified atom stereocenters. The summed E-state index contributed by atoms with van der Waals surface area (Å²) in [6.45, 7) is 4.06. The molecule has 1 amide bonds. The predicted molar refractivity (Wildman–Crippen MR) is 157 cm³/mol. The number of nitrogens with zero attached hydrogens (tertiary/aromatic N) is 2. The first-order valence-corrected chi connectivity index (χ1v) is 14.9. The molecule has 3 aromatic rings. The molecule has 206 valence electrons. The van der Waals surface area contributed by atoms with Crippen molar-refractivity contribution in [3.05, 3.63) is 96.1 Å². The maximum absolute atomic E-state index is 13.5. The minimum atomic E-state index is -3.59. The highest BCUT2D eigenvalue weighted by atomic mass is 32.2. The second-order valence-electron chi connectivity index (χ2n) is 10.2. The van der Waals surface area contributed by atoms with Crippen LogP contribution in [0.1, 0.15) is 37.3 Å². The van der Waals surface area contributed by atoms with Crippen molar-refractivity contribution in [2.24, 2.45) is 11.7 Å². The second-order valence-corrected chi connectivity index (χ2v) is 12.1. The average molecular weight is 548 g/mol. The van der Waals surface area contributed by atoms with Gasteiger partial charge in [0, 0.05) is 30.3 Å². The smallest absolute Gasteiger partial charge is 0.239 e. The van der Waals surface area contributed by atoms with Crippen LogP contribution in [0.4, 0.5) is 11.4 Å².